The van der Waals surface area contributed by atoms with Crippen molar-refractivity contribution >= 4 is 18.3 Å². The van der Waals surface area contributed by atoms with Gasteiger partial charge in [-0.3, -0.25) is 4.79 Å². The minimum atomic E-state index is -0.190. The Balaban J connectivity index is 0.00000225. The summed E-state index contributed by atoms with van der Waals surface area (Å²) in [6.07, 6.45) is 4.48. The molecule has 2 N–H and O–H groups in total. The molecule has 0 atom stereocenters. The molecule has 25 heavy (non-hydrogen) atoms. The van der Waals surface area contributed by atoms with Crippen molar-refractivity contribution < 1.29 is 9.53 Å². The summed E-state index contributed by atoms with van der Waals surface area (Å²) < 4.78 is 7.13. The molecule has 1 aromatic heterocycles. The third-order valence-electron chi connectivity index (χ3n) is 4.30. The van der Waals surface area contributed by atoms with Gasteiger partial charge in [-0.2, -0.15) is 0 Å². The number of carbonyl (C=O) groups is 1. The van der Waals surface area contributed by atoms with Crippen LogP contribution in [0.2, 0.25) is 0 Å². The van der Waals surface area contributed by atoms with Gasteiger partial charge in [-0.05, 0) is 44.0 Å². The van der Waals surface area contributed by atoms with Gasteiger partial charge >= 0.3 is 0 Å². The lowest BCUT2D eigenvalue weighted by Crippen LogP contribution is -2.29. The SMILES string of the molecule is COc1ccccc1CCNC(=O)c1cn(C2CCNCC2)nn1.Cl. The Hall–Kier alpha value is -2.12. The number of carbonyl (C=O) groups excluding carboxylic acids is 1. The zero-order valence-electron chi connectivity index (χ0n) is 14.3. The van der Waals surface area contributed by atoms with Gasteiger partial charge < -0.3 is 15.4 Å². The Morgan fingerprint density at radius 1 is 1.36 bits per heavy atom. The van der Waals surface area contributed by atoms with Gasteiger partial charge in [0, 0.05) is 6.54 Å². The molecule has 1 aliphatic rings. The topological polar surface area (TPSA) is 81.1 Å². The summed E-state index contributed by atoms with van der Waals surface area (Å²) >= 11 is 0. The number of aromatic nitrogens is 3. The molecule has 1 amide bonds. The molecule has 1 aromatic carbocycles. The van der Waals surface area contributed by atoms with Crippen LogP contribution in [0.4, 0.5) is 0 Å². The third kappa shape index (κ3) is 4.93. The summed E-state index contributed by atoms with van der Waals surface area (Å²) in [6.45, 7) is 2.48. The van der Waals surface area contributed by atoms with Crippen LogP contribution in [0.15, 0.2) is 30.5 Å². The maximum atomic E-state index is 12.2. The average Bonchev–Trinajstić information content (AvgIpc) is 3.13. The number of amides is 1. The lowest BCUT2D eigenvalue weighted by molar-refractivity contribution is 0.0949. The molecule has 7 nitrogen and oxygen atoms in total. The molecule has 136 valence electrons. The molecule has 8 heteroatoms. The first-order chi connectivity index (χ1) is 11.8. The smallest absolute Gasteiger partial charge is 0.273 e. The van der Waals surface area contributed by atoms with E-state index in [2.05, 4.69) is 20.9 Å². The van der Waals surface area contributed by atoms with E-state index in [9.17, 15) is 4.79 Å². The molecule has 0 unspecified atom stereocenters. The number of ether oxygens (including phenoxy) is 1. The molecule has 1 fully saturated rings. The van der Waals surface area contributed by atoms with Crippen molar-refractivity contribution in [2.24, 2.45) is 0 Å². The molecule has 1 saturated heterocycles. The molecule has 3 rings (SSSR count). The molecule has 2 heterocycles. The summed E-state index contributed by atoms with van der Waals surface area (Å²) in [7, 11) is 1.65. The Morgan fingerprint density at radius 2 is 2.12 bits per heavy atom. The first-order valence-electron chi connectivity index (χ1n) is 8.30. The minimum absolute atomic E-state index is 0. The number of piperidine rings is 1. The third-order valence-corrected chi connectivity index (χ3v) is 4.30. The molecule has 0 bridgehead atoms. The highest BCUT2D eigenvalue weighted by Gasteiger charge is 2.18. The largest absolute Gasteiger partial charge is 0.496 e. The van der Waals surface area contributed by atoms with Crippen LogP contribution in [-0.4, -0.2) is 47.6 Å². The van der Waals surface area contributed by atoms with E-state index in [1.807, 2.05) is 28.9 Å². The van der Waals surface area contributed by atoms with Crippen molar-refractivity contribution in [2.45, 2.75) is 25.3 Å². The maximum absolute atomic E-state index is 12.2. The second-order valence-electron chi connectivity index (χ2n) is 5.88. The highest BCUT2D eigenvalue weighted by Crippen LogP contribution is 2.18. The predicted molar refractivity (Wildman–Crippen MR) is 97.4 cm³/mol. The monoisotopic (exact) mass is 365 g/mol. The van der Waals surface area contributed by atoms with E-state index in [1.165, 1.54) is 0 Å². The lowest BCUT2D eigenvalue weighted by Gasteiger charge is -2.22. The molecule has 0 radical (unpaired) electrons. The number of hydrogen-bond donors (Lipinski definition) is 2. The molecule has 0 aliphatic carbocycles. The van der Waals surface area contributed by atoms with Crippen molar-refractivity contribution in [2.75, 3.05) is 26.7 Å². The second kappa shape index (κ2) is 9.39. The van der Waals surface area contributed by atoms with Gasteiger partial charge in [-0.1, -0.05) is 23.4 Å². The summed E-state index contributed by atoms with van der Waals surface area (Å²) in [5.74, 6) is 0.647. The van der Waals surface area contributed by atoms with Gasteiger partial charge in [0.1, 0.15) is 5.75 Å². The molecule has 2 aromatic rings. The highest BCUT2D eigenvalue weighted by atomic mass is 35.5. The molecular formula is C17H24ClN5O2. The Morgan fingerprint density at radius 3 is 2.88 bits per heavy atom. The maximum Gasteiger partial charge on any atom is 0.273 e. The summed E-state index contributed by atoms with van der Waals surface area (Å²) in [5, 5.41) is 14.3. The first-order valence-corrected chi connectivity index (χ1v) is 8.30. The second-order valence-corrected chi connectivity index (χ2v) is 5.88. The number of para-hydroxylation sites is 1. The normalized spacial score (nSPS) is 14.6. The van der Waals surface area contributed by atoms with Gasteiger partial charge in [0.05, 0.1) is 19.3 Å². The number of hydrogen-bond acceptors (Lipinski definition) is 5. The molecule has 1 aliphatic heterocycles. The molecular weight excluding hydrogens is 342 g/mol. The van der Waals surface area contributed by atoms with Gasteiger partial charge in [0.25, 0.3) is 5.91 Å². The summed E-state index contributed by atoms with van der Waals surface area (Å²) in [4.78, 5) is 12.2. The average molecular weight is 366 g/mol. The summed E-state index contributed by atoms with van der Waals surface area (Å²) in [6, 6.07) is 8.14. The van der Waals surface area contributed by atoms with Crippen LogP contribution < -0.4 is 15.4 Å². The van der Waals surface area contributed by atoms with Gasteiger partial charge in [-0.15, -0.1) is 17.5 Å². The van der Waals surface area contributed by atoms with Crippen molar-refractivity contribution in [1.82, 2.24) is 25.6 Å². The number of rotatable bonds is 6. The van der Waals surface area contributed by atoms with Crippen LogP contribution in [0.25, 0.3) is 0 Å². The number of benzene rings is 1. The lowest BCUT2D eigenvalue weighted by atomic mass is 10.1. The van der Waals surface area contributed by atoms with E-state index in [-0.39, 0.29) is 18.3 Å². The number of halogens is 1. The standard InChI is InChI=1S/C17H23N5O2.ClH/c1-24-16-5-3-2-4-13(16)6-11-19-17(23)15-12-22(21-20-15)14-7-9-18-10-8-14;/h2-5,12,14,18H,6-11H2,1H3,(H,19,23);1H. The van der Waals surface area contributed by atoms with Crippen molar-refractivity contribution in [1.29, 1.82) is 0 Å². The van der Waals surface area contributed by atoms with Crippen molar-refractivity contribution in [3.8, 4) is 5.75 Å². The number of nitrogens with zero attached hydrogens (tertiary/aromatic N) is 3. The fourth-order valence-electron chi connectivity index (χ4n) is 2.94. The molecule has 0 spiro atoms. The Kier molecular flexibility index (Phi) is 7.21. The van der Waals surface area contributed by atoms with Gasteiger partial charge in [0.15, 0.2) is 5.69 Å². The van der Waals surface area contributed by atoms with E-state index >= 15 is 0 Å². The summed E-state index contributed by atoms with van der Waals surface area (Å²) in [5.41, 5.74) is 1.44. The zero-order chi connectivity index (χ0) is 16.8. The van der Waals surface area contributed by atoms with Crippen LogP contribution in [-0.2, 0) is 6.42 Å². The molecule has 0 saturated carbocycles. The van der Waals surface area contributed by atoms with Crippen LogP contribution in [0.5, 0.6) is 5.75 Å². The minimum Gasteiger partial charge on any atom is -0.496 e. The number of methoxy groups -OCH3 is 1. The van der Waals surface area contributed by atoms with E-state index in [1.54, 1.807) is 13.3 Å². The van der Waals surface area contributed by atoms with Crippen molar-refractivity contribution in [3.63, 3.8) is 0 Å². The van der Waals surface area contributed by atoms with E-state index < -0.39 is 0 Å². The van der Waals surface area contributed by atoms with E-state index in [0.717, 1.165) is 37.2 Å². The Bertz CT molecular complexity index is 685. The quantitative estimate of drug-likeness (QED) is 0.812. The number of nitrogens with one attached hydrogen (secondary N) is 2. The predicted octanol–water partition coefficient (Wildman–Crippen LogP) is 1.61. The Labute approximate surface area is 153 Å². The fourth-order valence-corrected chi connectivity index (χ4v) is 2.94. The van der Waals surface area contributed by atoms with Crippen LogP contribution in [0, 0.1) is 0 Å². The van der Waals surface area contributed by atoms with Crippen LogP contribution in [0.1, 0.15) is 34.9 Å². The fraction of sp³-hybridized carbons (Fsp3) is 0.471. The van der Waals surface area contributed by atoms with Crippen LogP contribution in [0.3, 0.4) is 0 Å². The van der Waals surface area contributed by atoms with Crippen LogP contribution >= 0.6 is 12.4 Å². The van der Waals surface area contributed by atoms with Crippen molar-refractivity contribution in [3.05, 3.63) is 41.7 Å². The van der Waals surface area contributed by atoms with Gasteiger partial charge in [-0.25, -0.2) is 4.68 Å². The van der Waals surface area contributed by atoms with E-state index in [0.29, 0.717) is 24.7 Å². The van der Waals surface area contributed by atoms with Gasteiger partial charge in [0.2, 0.25) is 0 Å². The first kappa shape index (κ1) is 19.2. The van der Waals surface area contributed by atoms with E-state index in [4.69, 9.17) is 4.74 Å². The highest BCUT2D eigenvalue weighted by molar-refractivity contribution is 5.91. The zero-order valence-corrected chi connectivity index (χ0v) is 15.1.